The van der Waals surface area contributed by atoms with Crippen LogP contribution in [-0.2, 0) is 22.6 Å². The average Bonchev–Trinajstić information content (AvgIpc) is 3.11. The van der Waals surface area contributed by atoms with Crippen molar-refractivity contribution in [2.24, 2.45) is 0 Å². The maximum atomic E-state index is 13.2. The minimum atomic E-state index is -0.504. The van der Waals surface area contributed by atoms with Gasteiger partial charge in [-0.15, -0.1) is 11.3 Å². The number of para-hydroxylation sites is 1. The Morgan fingerprint density at radius 2 is 2.12 bits per heavy atom. The third-order valence-corrected chi connectivity index (χ3v) is 5.45. The van der Waals surface area contributed by atoms with E-state index in [9.17, 15) is 9.59 Å². The maximum absolute atomic E-state index is 13.2. The van der Waals surface area contributed by atoms with Crippen LogP contribution in [0.3, 0.4) is 0 Å². The summed E-state index contributed by atoms with van der Waals surface area (Å²) in [6.45, 7) is 2.32. The van der Waals surface area contributed by atoms with Gasteiger partial charge in [-0.3, -0.25) is 9.59 Å². The standard InChI is InChI=1S/C19H23N3O2S/c1-13(20-2)18(23)21-16-10-9-14-6-3-4-8-17(14)22(19(16)24)12-15-7-5-11-25-15/h3-8,11,13,16,20H,9-10,12H2,1-2H3,(H,21,23)/t13-,16?/m0/s1. The first-order chi connectivity index (χ1) is 12.1. The SMILES string of the molecule is CN[C@@H](C)C(=O)NC1CCc2ccccc2N(Cc2cccs2)C1=O. The Kier molecular flexibility index (Phi) is 5.50. The molecule has 0 fully saturated rings. The third kappa shape index (κ3) is 3.91. The molecule has 0 saturated carbocycles. The molecule has 2 aromatic rings. The Labute approximate surface area is 152 Å². The summed E-state index contributed by atoms with van der Waals surface area (Å²) in [7, 11) is 1.73. The molecule has 2 N–H and O–H groups in total. The Hall–Kier alpha value is -2.18. The summed E-state index contributed by atoms with van der Waals surface area (Å²) < 4.78 is 0. The van der Waals surface area contributed by atoms with Crippen LogP contribution in [0.1, 0.15) is 23.8 Å². The number of thiophene rings is 1. The van der Waals surface area contributed by atoms with Gasteiger partial charge in [0.2, 0.25) is 11.8 Å². The monoisotopic (exact) mass is 357 g/mol. The number of carbonyl (C=O) groups is 2. The van der Waals surface area contributed by atoms with Crippen molar-refractivity contribution in [2.45, 2.75) is 38.4 Å². The summed E-state index contributed by atoms with van der Waals surface area (Å²) in [5.41, 5.74) is 2.09. The molecule has 2 atom stereocenters. The van der Waals surface area contributed by atoms with Gasteiger partial charge in [0.05, 0.1) is 12.6 Å². The maximum Gasteiger partial charge on any atom is 0.249 e. The quantitative estimate of drug-likeness (QED) is 0.863. The van der Waals surface area contributed by atoms with Crippen LogP contribution in [0.2, 0.25) is 0 Å². The summed E-state index contributed by atoms with van der Waals surface area (Å²) in [6, 6.07) is 11.2. The number of aryl methyl sites for hydroxylation is 1. The summed E-state index contributed by atoms with van der Waals surface area (Å²) in [4.78, 5) is 28.4. The number of nitrogens with one attached hydrogen (secondary N) is 2. The fourth-order valence-corrected chi connectivity index (χ4v) is 3.69. The second-order valence-corrected chi connectivity index (χ2v) is 7.27. The topological polar surface area (TPSA) is 61.4 Å². The predicted molar refractivity (Wildman–Crippen MR) is 101 cm³/mol. The van der Waals surface area contributed by atoms with Crippen molar-refractivity contribution in [1.29, 1.82) is 0 Å². The largest absolute Gasteiger partial charge is 0.343 e. The number of likely N-dealkylation sites (N-methyl/N-ethyl adjacent to an activating group) is 1. The van der Waals surface area contributed by atoms with E-state index in [2.05, 4.69) is 16.7 Å². The van der Waals surface area contributed by atoms with E-state index in [1.807, 2.05) is 40.6 Å². The highest BCUT2D eigenvalue weighted by Crippen LogP contribution is 2.29. The van der Waals surface area contributed by atoms with Gasteiger partial charge < -0.3 is 15.5 Å². The van der Waals surface area contributed by atoms with Gasteiger partial charge >= 0.3 is 0 Å². The molecular formula is C19H23N3O2S. The molecule has 25 heavy (non-hydrogen) atoms. The fraction of sp³-hybridized carbons (Fsp3) is 0.368. The summed E-state index contributed by atoms with van der Waals surface area (Å²) in [5, 5.41) is 7.84. The smallest absolute Gasteiger partial charge is 0.249 e. The predicted octanol–water partition coefficient (Wildman–Crippen LogP) is 2.32. The number of amides is 2. The molecule has 1 aliphatic rings. The zero-order chi connectivity index (χ0) is 17.8. The molecule has 0 bridgehead atoms. The van der Waals surface area contributed by atoms with Crippen molar-refractivity contribution in [2.75, 3.05) is 11.9 Å². The number of anilines is 1. The van der Waals surface area contributed by atoms with Crippen LogP contribution in [0, 0.1) is 0 Å². The van der Waals surface area contributed by atoms with Crippen molar-refractivity contribution in [1.82, 2.24) is 10.6 Å². The van der Waals surface area contributed by atoms with Gasteiger partial charge in [-0.2, -0.15) is 0 Å². The fourth-order valence-electron chi connectivity index (χ4n) is 3.00. The number of nitrogens with zero attached hydrogens (tertiary/aromatic N) is 1. The van der Waals surface area contributed by atoms with Gasteiger partial charge in [-0.1, -0.05) is 24.3 Å². The minimum Gasteiger partial charge on any atom is -0.343 e. The van der Waals surface area contributed by atoms with Crippen molar-refractivity contribution >= 4 is 28.8 Å². The number of fused-ring (bicyclic) bond motifs is 1. The van der Waals surface area contributed by atoms with Gasteiger partial charge in [0.1, 0.15) is 6.04 Å². The zero-order valence-electron chi connectivity index (χ0n) is 14.5. The van der Waals surface area contributed by atoms with E-state index >= 15 is 0 Å². The minimum absolute atomic E-state index is 0.0463. The van der Waals surface area contributed by atoms with Gasteiger partial charge in [0.25, 0.3) is 0 Å². The van der Waals surface area contributed by atoms with E-state index < -0.39 is 6.04 Å². The molecule has 0 spiro atoms. The third-order valence-electron chi connectivity index (χ3n) is 4.59. The zero-order valence-corrected chi connectivity index (χ0v) is 15.3. The molecule has 0 saturated heterocycles. The van der Waals surface area contributed by atoms with E-state index in [-0.39, 0.29) is 17.9 Å². The highest BCUT2D eigenvalue weighted by Gasteiger charge is 2.32. The first-order valence-electron chi connectivity index (χ1n) is 8.49. The van der Waals surface area contributed by atoms with Gasteiger partial charge in [-0.25, -0.2) is 0 Å². The van der Waals surface area contributed by atoms with E-state index in [0.717, 1.165) is 22.5 Å². The highest BCUT2D eigenvalue weighted by atomic mass is 32.1. The second kappa shape index (κ2) is 7.80. The van der Waals surface area contributed by atoms with Crippen molar-refractivity contribution in [3.8, 4) is 0 Å². The van der Waals surface area contributed by atoms with Crippen molar-refractivity contribution in [3.63, 3.8) is 0 Å². The Morgan fingerprint density at radius 3 is 2.84 bits per heavy atom. The molecule has 0 aliphatic carbocycles. The molecule has 1 aromatic heterocycles. The van der Waals surface area contributed by atoms with Gasteiger partial charge in [0.15, 0.2) is 0 Å². The molecule has 1 aromatic carbocycles. The molecule has 1 aliphatic heterocycles. The Morgan fingerprint density at radius 1 is 1.32 bits per heavy atom. The number of hydrogen-bond acceptors (Lipinski definition) is 4. The van der Waals surface area contributed by atoms with E-state index in [0.29, 0.717) is 13.0 Å². The van der Waals surface area contributed by atoms with E-state index in [1.54, 1.807) is 25.3 Å². The van der Waals surface area contributed by atoms with Crippen LogP contribution < -0.4 is 15.5 Å². The molecule has 0 radical (unpaired) electrons. The number of hydrogen-bond donors (Lipinski definition) is 2. The number of benzene rings is 1. The summed E-state index contributed by atoms with van der Waals surface area (Å²) in [5.74, 6) is -0.196. The first kappa shape index (κ1) is 17.6. The van der Waals surface area contributed by atoms with Crippen LogP contribution in [0.5, 0.6) is 0 Å². The molecule has 132 valence electrons. The molecule has 2 amide bonds. The lowest BCUT2D eigenvalue weighted by atomic mass is 10.1. The molecule has 1 unspecified atom stereocenters. The van der Waals surface area contributed by atoms with Crippen LogP contribution >= 0.6 is 11.3 Å². The lowest BCUT2D eigenvalue weighted by Gasteiger charge is -2.26. The molecule has 6 heteroatoms. The molecule has 2 heterocycles. The van der Waals surface area contributed by atoms with E-state index in [4.69, 9.17) is 0 Å². The van der Waals surface area contributed by atoms with Crippen LogP contribution in [-0.4, -0.2) is 30.9 Å². The number of rotatable bonds is 5. The van der Waals surface area contributed by atoms with Crippen LogP contribution in [0.15, 0.2) is 41.8 Å². The Bertz CT molecular complexity index is 745. The van der Waals surface area contributed by atoms with Crippen molar-refractivity contribution in [3.05, 3.63) is 52.2 Å². The highest BCUT2D eigenvalue weighted by molar-refractivity contribution is 7.09. The number of carbonyl (C=O) groups excluding carboxylic acids is 2. The molecule has 3 rings (SSSR count). The lowest BCUT2D eigenvalue weighted by Crippen LogP contribution is -2.51. The van der Waals surface area contributed by atoms with Crippen LogP contribution in [0.25, 0.3) is 0 Å². The summed E-state index contributed by atoms with van der Waals surface area (Å²) in [6.07, 6.45) is 1.38. The van der Waals surface area contributed by atoms with Gasteiger partial charge in [-0.05, 0) is 49.9 Å². The lowest BCUT2D eigenvalue weighted by molar-refractivity contribution is -0.128. The Balaban J connectivity index is 1.88. The normalized spacial score (nSPS) is 18.4. The average molecular weight is 357 g/mol. The molecular weight excluding hydrogens is 334 g/mol. The van der Waals surface area contributed by atoms with Gasteiger partial charge in [0, 0.05) is 10.6 Å². The summed E-state index contributed by atoms with van der Waals surface area (Å²) >= 11 is 1.63. The van der Waals surface area contributed by atoms with E-state index in [1.165, 1.54) is 0 Å². The molecule has 5 nitrogen and oxygen atoms in total. The first-order valence-corrected chi connectivity index (χ1v) is 9.37. The second-order valence-electron chi connectivity index (χ2n) is 6.24. The van der Waals surface area contributed by atoms with Crippen LogP contribution in [0.4, 0.5) is 5.69 Å². The van der Waals surface area contributed by atoms with Crippen molar-refractivity contribution < 1.29 is 9.59 Å².